The molecule has 0 aliphatic carbocycles. The summed E-state index contributed by atoms with van der Waals surface area (Å²) in [5, 5.41) is 0. The highest BCUT2D eigenvalue weighted by Gasteiger charge is 1.95. The zero-order valence-electron chi connectivity index (χ0n) is 8.74. The Morgan fingerprint density at radius 3 is 2.53 bits per heavy atom. The first-order valence-corrected chi connectivity index (χ1v) is 5.21. The molecule has 1 rings (SSSR count). The Kier molecular flexibility index (Phi) is 5.30. The summed E-state index contributed by atoms with van der Waals surface area (Å²) in [6.07, 6.45) is 3.10. The molecule has 1 aromatic rings. The lowest BCUT2D eigenvalue weighted by Crippen LogP contribution is -2.03. The Morgan fingerprint density at radius 1 is 1.13 bits per heavy atom. The van der Waals surface area contributed by atoms with Crippen LogP contribution in [0, 0.1) is 0 Å². The van der Waals surface area contributed by atoms with Crippen molar-refractivity contribution in [3.63, 3.8) is 0 Å². The summed E-state index contributed by atoms with van der Waals surface area (Å²) in [6, 6.07) is 10.3. The van der Waals surface area contributed by atoms with Crippen molar-refractivity contribution in [3.05, 3.63) is 35.9 Å². The fourth-order valence-corrected chi connectivity index (χ4v) is 1.42. The molecule has 0 aromatic heterocycles. The second-order valence-electron chi connectivity index (χ2n) is 3.43. The summed E-state index contributed by atoms with van der Waals surface area (Å²) < 4.78 is 4.52. The van der Waals surface area contributed by atoms with Crippen LogP contribution < -0.4 is 5.73 Å². The minimum atomic E-state index is -0.932. The van der Waals surface area contributed by atoms with Crippen molar-refractivity contribution in [1.82, 2.24) is 5.73 Å². The second-order valence-corrected chi connectivity index (χ2v) is 3.43. The molecule has 0 heterocycles. The van der Waals surface area contributed by atoms with Crippen LogP contribution in [0.15, 0.2) is 30.3 Å². The predicted octanol–water partition coefficient (Wildman–Crippen LogP) is 2.82. The second kappa shape index (κ2) is 6.87. The number of rotatable bonds is 6. The molecule has 0 saturated heterocycles. The molecule has 3 nitrogen and oxygen atoms in total. The van der Waals surface area contributed by atoms with Crippen LogP contribution in [0.1, 0.15) is 24.8 Å². The topological polar surface area (TPSA) is 50.1 Å². The average molecular weight is 206 g/mol. The van der Waals surface area contributed by atoms with Crippen molar-refractivity contribution in [2.75, 3.05) is 6.61 Å². The number of ether oxygens (including phenoxy) is 1. The first-order valence-electron chi connectivity index (χ1n) is 5.21. The van der Waals surface area contributed by atoms with Crippen LogP contribution >= 0.6 is 0 Å². The van der Waals surface area contributed by atoms with Crippen LogP contribution in [0.25, 0.3) is 0 Å². The number of aryl methyl sites for hydroxylation is 1. The molecule has 0 fully saturated rings. The fraction of sp³-hybridized carbons (Fsp3) is 0.417. The number of amides is 1. The largest absolute Gasteiger partial charge is 0.448 e. The molecule has 0 bridgehead atoms. The molecule has 15 heavy (non-hydrogen) atoms. The first-order chi connectivity index (χ1) is 7.29. The highest BCUT2D eigenvalue weighted by Crippen LogP contribution is 2.06. The van der Waals surface area contributed by atoms with Gasteiger partial charge < -0.3 is 4.74 Å². The SMILES string of the molecule is [NH]C(=O)OCCCCCc1ccccc1. The molecule has 1 aromatic carbocycles. The standard InChI is InChI=1S/C12H16NO2/c13-12(14)15-10-6-2-5-9-11-7-3-1-4-8-11/h1,3-4,7-8,13H,2,5-6,9-10H2. The summed E-state index contributed by atoms with van der Waals surface area (Å²) in [5.41, 5.74) is 7.87. The van der Waals surface area contributed by atoms with E-state index >= 15 is 0 Å². The smallest absolute Gasteiger partial charge is 0.426 e. The van der Waals surface area contributed by atoms with E-state index in [1.807, 2.05) is 18.2 Å². The number of carbonyl (C=O) groups excluding carboxylic acids is 1. The summed E-state index contributed by atoms with van der Waals surface area (Å²) in [4.78, 5) is 10.1. The van der Waals surface area contributed by atoms with E-state index < -0.39 is 6.09 Å². The van der Waals surface area contributed by atoms with Crippen LogP contribution in [0.3, 0.4) is 0 Å². The van der Waals surface area contributed by atoms with Gasteiger partial charge in [0.15, 0.2) is 0 Å². The van der Waals surface area contributed by atoms with Crippen molar-refractivity contribution < 1.29 is 9.53 Å². The normalized spacial score (nSPS) is 9.87. The van der Waals surface area contributed by atoms with Gasteiger partial charge in [-0.05, 0) is 31.2 Å². The van der Waals surface area contributed by atoms with Crippen LogP contribution in [-0.4, -0.2) is 12.7 Å². The summed E-state index contributed by atoms with van der Waals surface area (Å²) in [7, 11) is 0. The average Bonchev–Trinajstić information content (AvgIpc) is 2.24. The minimum Gasteiger partial charge on any atom is -0.448 e. The van der Waals surface area contributed by atoms with Gasteiger partial charge in [0.1, 0.15) is 0 Å². The van der Waals surface area contributed by atoms with Gasteiger partial charge in [-0.1, -0.05) is 30.3 Å². The Balaban J connectivity index is 2.00. The van der Waals surface area contributed by atoms with E-state index in [4.69, 9.17) is 5.73 Å². The van der Waals surface area contributed by atoms with E-state index in [1.165, 1.54) is 5.56 Å². The molecule has 0 unspecified atom stereocenters. The Labute approximate surface area is 90.2 Å². The van der Waals surface area contributed by atoms with Crippen molar-refractivity contribution in [1.29, 1.82) is 0 Å². The monoisotopic (exact) mass is 206 g/mol. The molecule has 0 aliphatic rings. The number of nitrogens with one attached hydrogen (secondary N) is 1. The molecule has 0 spiro atoms. The molecule has 0 aliphatic heterocycles. The van der Waals surface area contributed by atoms with Crippen LogP contribution in [-0.2, 0) is 11.2 Å². The molecule has 0 atom stereocenters. The van der Waals surface area contributed by atoms with Gasteiger partial charge in [-0.25, -0.2) is 10.5 Å². The van der Waals surface area contributed by atoms with Gasteiger partial charge in [-0.15, -0.1) is 0 Å². The zero-order valence-corrected chi connectivity index (χ0v) is 8.74. The molecule has 0 saturated carbocycles. The fourth-order valence-electron chi connectivity index (χ4n) is 1.42. The molecule has 1 radical (unpaired) electrons. The van der Waals surface area contributed by atoms with Crippen LogP contribution in [0.4, 0.5) is 4.79 Å². The van der Waals surface area contributed by atoms with Crippen molar-refractivity contribution in [2.45, 2.75) is 25.7 Å². The van der Waals surface area contributed by atoms with E-state index in [0.717, 1.165) is 25.7 Å². The molecule has 3 heteroatoms. The lowest BCUT2D eigenvalue weighted by atomic mass is 10.1. The van der Waals surface area contributed by atoms with E-state index in [-0.39, 0.29) is 0 Å². The molecule has 1 N–H and O–H groups in total. The van der Waals surface area contributed by atoms with Crippen molar-refractivity contribution in [3.8, 4) is 0 Å². The van der Waals surface area contributed by atoms with E-state index in [0.29, 0.717) is 6.61 Å². The van der Waals surface area contributed by atoms with Crippen molar-refractivity contribution >= 4 is 6.09 Å². The van der Waals surface area contributed by atoms with Gasteiger partial charge in [0.25, 0.3) is 0 Å². The van der Waals surface area contributed by atoms with Crippen LogP contribution in [0.5, 0.6) is 0 Å². The molecule has 81 valence electrons. The quantitative estimate of drug-likeness (QED) is 0.672. The summed E-state index contributed by atoms with van der Waals surface area (Å²) >= 11 is 0. The third-order valence-corrected chi connectivity index (χ3v) is 2.19. The lowest BCUT2D eigenvalue weighted by Gasteiger charge is -2.02. The van der Waals surface area contributed by atoms with Gasteiger partial charge in [-0.3, -0.25) is 0 Å². The molecule has 1 amide bonds. The maximum absolute atomic E-state index is 10.1. The van der Waals surface area contributed by atoms with E-state index in [2.05, 4.69) is 16.9 Å². The molecular formula is C12H16NO2. The van der Waals surface area contributed by atoms with Crippen LogP contribution in [0.2, 0.25) is 0 Å². The highest BCUT2D eigenvalue weighted by molar-refractivity contribution is 5.63. The number of hydrogen-bond donors (Lipinski definition) is 0. The zero-order chi connectivity index (χ0) is 10.9. The van der Waals surface area contributed by atoms with Gasteiger partial charge in [0.2, 0.25) is 0 Å². The number of benzene rings is 1. The lowest BCUT2D eigenvalue weighted by molar-refractivity contribution is 0.152. The predicted molar refractivity (Wildman–Crippen MR) is 58.4 cm³/mol. The third-order valence-electron chi connectivity index (χ3n) is 2.19. The minimum absolute atomic E-state index is 0.372. The van der Waals surface area contributed by atoms with Gasteiger partial charge in [0, 0.05) is 0 Å². The maximum Gasteiger partial charge on any atom is 0.426 e. The van der Waals surface area contributed by atoms with Gasteiger partial charge >= 0.3 is 6.09 Å². The molecular weight excluding hydrogens is 190 g/mol. The Bertz CT molecular complexity index is 285. The van der Waals surface area contributed by atoms with Crippen molar-refractivity contribution in [2.24, 2.45) is 0 Å². The van der Waals surface area contributed by atoms with Gasteiger partial charge in [-0.2, -0.15) is 0 Å². The van der Waals surface area contributed by atoms with E-state index in [9.17, 15) is 4.79 Å². The maximum atomic E-state index is 10.1. The summed E-state index contributed by atoms with van der Waals surface area (Å²) in [6.45, 7) is 0.372. The third kappa shape index (κ3) is 5.73. The van der Waals surface area contributed by atoms with E-state index in [1.54, 1.807) is 0 Å². The highest BCUT2D eigenvalue weighted by atomic mass is 16.5. The number of carbonyl (C=O) groups is 1. The Morgan fingerprint density at radius 2 is 1.87 bits per heavy atom. The number of hydrogen-bond acceptors (Lipinski definition) is 2. The number of unbranched alkanes of at least 4 members (excludes halogenated alkanes) is 2. The Hall–Kier alpha value is -1.51. The van der Waals surface area contributed by atoms with Gasteiger partial charge in [0.05, 0.1) is 6.61 Å². The first kappa shape index (κ1) is 11.6. The summed E-state index contributed by atoms with van der Waals surface area (Å²) in [5.74, 6) is 0.